The Labute approximate surface area is 223 Å². The first-order chi connectivity index (χ1) is 18.8. The smallest absolute Gasteiger partial charge is 0.0546 e. The Kier molecular flexibility index (Phi) is 5.41. The van der Waals surface area contributed by atoms with Crippen molar-refractivity contribution in [2.75, 3.05) is 4.90 Å². The zero-order chi connectivity index (χ0) is 25.5. The van der Waals surface area contributed by atoms with Gasteiger partial charge in [0.1, 0.15) is 0 Å². The van der Waals surface area contributed by atoms with Crippen LogP contribution in [0.4, 0.5) is 17.1 Å². The number of hydrogen-bond donors (Lipinski definition) is 0. The van der Waals surface area contributed by atoms with Crippen LogP contribution in [0.1, 0.15) is 5.56 Å². The fourth-order valence-electron chi connectivity index (χ4n) is 5.60. The van der Waals surface area contributed by atoms with Crippen molar-refractivity contribution in [3.05, 3.63) is 151 Å². The maximum atomic E-state index is 2.43. The number of aryl methyl sites for hydroxylation is 1. The molecule has 7 rings (SSSR count). The predicted molar refractivity (Wildman–Crippen MR) is 164 cm³/mol. The van der Waals surface area contributed by atoms with E-state index < -0.39 is 0 Å². The van der Waals surface area contributed by atoms with Crippen molar-refractivity contribution in [1.29, 1.82) is 0 Å². The van der Waals surface area contributed by atoms with Crippen molar-refractivity contribution in [2.45, 2.75) is 6.92 Å². The molecule has 0 N–H and O–H groups in total. The van der Waals surface area contributed by atoms with Crippen molar-refractivity contribution in [2.24, 2.45) is 0 Å². The molecule has 7 aromatic rings. The van der Waals surface area contributed by atoms with Crippen LogP contribution in [0.5, 0.6) is 0 Å². The minimum Gasteiger partial charge on any atom is -0.309 e. The number of benzene rings is 7. The van der Waals surface area contributed by atoms with Gasteiger partial charge in [0.2, 0.25) is 0 Å². The SMILES string of the molecule is Cc1ccc(N(c2ccc3ccccc3c2-c2ccc3ccccc3c2)c2cccc3ccccc23)cc1. The maximum Gasteiger partial charge on any atom is 0.0546 e. The van der Waals surface area contributed by atoms with Crippen molar-refractivity contribution in [1.82, 2.24) is 0 Å². The standard InChI is InChI=1S/C37H27N/c1-26-17-22-32(23-18-26)38(35-16-8-13-28-10-4-6-14-33(28)35)36-24-21-29-11-5-7-15-34(29)37(36)31-20-19-27-9-2-3-12-30(27)25-31/h2-25H,1H3. The monoisotopic (exact) mass is 485 g/mol. The zero-order valence-electron chi connectivity index (χ0n) is 21.3. The quantitative estimate of drug-likeness (QED) is 0.240. The highest BCUT2D eigenvalue weighted by molar-refractivity contribution is 6.08. The van der Waals surface area contributed by atoms with E-state index in [0.29, 0.717) is 0 Å². The molecule has 0 unspecified atom stereocenters. The van der Waals surface area contributed by atoms with E-state index in [1.807, 2.05) is 0 Å². The second-order valence-corrected chi connectivity index (χ2v) is 9.91. The Morgan fingerprint density at radius 1 is 0.421 bits per heavy atom. The summed E-state index contributed by atoms with van der Waals surface area (Å²) in [4.78, 5) is 2.43. The van der Waals surface area contributed by atoms with Gasteiger partial charge in [-0.15, -0.1) is 0 Å². The topological polar surface area (TPSA) is 3.24 Å². The van der Waals surface area contributed by atoms with Gasteiger partial charge in [0.05, 0.1) is 11.4 Å². The normalized spacial score (nSPS) is 11.3. The lowest BCUT2D eigenvalue weighted by Crippen LogP contribution is -2.12. The molecular weight excluding hydrogens is 458 g/mol. The first-order valence-corrected chi connectivity index (χ1v) is 13.1. The largest absolute Gasteiger partial charge is 0.309 e. The fourth-order valence-corrected chi connectivity index (χ4v) is 5.60. The van der Waals surface area contributed by atoms with Gasteiger partial charge in [-0.05, 0) is 69.8 Å². The molecule has 0 heterocycles. The van der Waals surface area contributed by atoms with Crippen LogP contribution in [0, 0.1) is 6.92 Å². The summed E-state index contributed by atoms with van der Waals surface area (Å²) in [5.74, 6) is 0. The average Bonchev–Trinajstić information content (AvgIpc) is 2.98. The summed E-state index contributed by atoms with van der Waals surface area (Å²) in [6.07, 6.45) is 0. The van der Waals surface area contributed by atoms with E-state index in [-0.39, 0.29) is 0 Å². The van der Waals surface area contributed by atoms with Crippen molar-refractivity contribution >= 4 is 49.4 Å². The number of rotatable bonds is 4. The third kappa shape index (κ3) is 3.81. The summed E-state index contributed by atoms with van der Waals surface area (Å²) in [5.41, 5.74) is 7.18. The molecule has 7 aromatic carbocycles. The van der Waals surface area contributed by atoms with E-state index in [0.717, 1.165) is 5.69 Å². The summed E-state index contributed by atoms with van der Waals surface area (Å²) in [7, 11) is 0. The predicted octanol–water partition coefficient (Wildman–Crippen LogP) is 10.6. The Bertz CT molecular complexity index is 1930. The molecule has 0 saturated heterocycles. The van der Waals surface area contributed by atoms with Crippen LogP contribution in [-0.2, 0) is 0 Å². The first-order valence-electron chi connectivity index (χ1n) is 13.1. The van der Waals surface area contributed by atoms with Crippen molar-refractivity contribution < 1.29 is 0 Å². The van der Waals surface area contributed by atoms with Gasteiger partial charge in [0.25, 0.3) is 0 Å². The fraction of sp³-hybridized carbons (Fsp3) is 0.0270. The molecule has 0 spiro atoms. The van der Waals surface area contributed by atoms with Crippen LogP contribution < -0.4 is 4.90 Å². The molecule has 1 heteroatoms. The lowest BCUT2D eigenvalue weighted by Gasteiger charge is -2.30. The highest BCUT2D eigenvalue weighted by atomic mass is 15.1. The number of fused-ring (bicyclic) bond motifs is 3. The van der Waals surface area contributed by atoms with Crippen molar-refractivity contribution in [3.63, 3.8) is 0 Å². The molecule has 180 valence electrons. The Morgan fingerprint density at radius 3 is 1.82 bits per heavy atom. The summed E-state index contributed by atoms with van der Waals surface area (Å²) >= 11 is 0. The van der Waals surface area contributed by atoms with Gasteiger partial charge in [-0.2, -0.15) is 0 Å². The molecule has 0 bridgehead atoms. The van der Waals surface area contributed by atoms with Gasteiger partial charge in [0.15, 0.2) is 0 Å². The molecule has 0 aliphatic carbocycles. The zero-order valence-corrected chi connectivity index (χ0v) is 21.3. The van der Waals surface area contributed by atoms with E-state index in [4.69, 9.17) is 0 Å². The lowest BCUT2D eigenvalue weighted by molar-refractivity contribution is 1.29. The van der Waals surface area contributed by atoms with Crippen LogP contribution in [0.15, 0.2) is 146 Å². The molecule has 0 fully saturated rings. The van der Waals surface area contributed by atoms with E-state index in [1.54, 1.807) is 0 Å². The molecule has 1 nitrogen and oxygen atoms in total. The first kappa shape index (κ1) is 22.3. The highest BCUT2D eigenvalue weighted by Gasteiger charge is 2.21. The second kappa shape index (κ2) is 9.21. The molecule has 0 aromatic heterocycles. The van der Waals surface area contributed by atoms with E-state index in [1.165, 1.54) is 60.4 Å². The number of anilines is 3. The van der Waals surface area contributed by atoms with Gasteiger partial charge in [0, 0.05) is 16.6 Å². The molecule has 0 radical (unpaired) electrons. The van der Waals surface area contributed by atoms with Gasteiger partial charge < -0.3 is 4.90 Å². The third-order valence-electron chi connectivity index (χ3n) is 7.49. The molecular formula is C37H27N. The molecule has 0 amide bonds. The van der Waals surface area contributed by atoms with E-state index >= 15 is 0 Å². The average molecular weight is 486 g/mol. The van der Waals surface area contributed by atoms with Gasteiger partial charge in [-0.1, -0.05) is 121 Å². The molecule has 0 aliphatic heterocycles. The van der Waals surface area contributed by atoms with Gasteiger partial charge in [-0.25, -0.2) is 0 Å². The van der Waals surface area contributed by atoms with Crippen LogP contribution >= 0.6 is 0 Å². The Balaban J connectivity index is 1.58. The minimum atomic E-state index is 1.14. The van der Waals surface area contributed by atoms with Crippen LogP contribution in [-0.4, -0.2) is 0 Å². The lowest BCUT2D eigenvalue weighted by atomic mass is 9.93. The van der Waals surface area contributed by atoms with Gasteiger partial charge >= 0.3 is 0 Å². The van der Waals surface area contributed by atoms with Crippen molar-refractivity contribution in [3.8, 4) is 11.1 Å². The van der Waals surface area contributed by atoms with Crippen LogP contribution in [0.25, 0.3) is 43.4 Å². The van der Waals surface area contributed by atoms with E-state index in [9.17, 15) is 0 Å². The Hall–Kier alpha value is -4.88. The summed E-state index contributed by atoms with van der Waals surface area (Å²) in [6.45, 7) is 2.14. The maximum absolute atomic E-state index is 2.43. The van der Waals surface area contributed by atoms with Gasteiger partial charge in [-0.3, -0.25) is 0 Å². The molecule has 0 atom stereocenters. The number of hydrogen-bond acceptors (Lipinski definition) is 1. The highest BCUT2D eigenvalue weighted by Crippen LogP contribution is 2.46. The molecule has 38 heavy (non-hydrogen) atoms. The van der Waals surface area contributed by atoms with Crippen LogP contribution in [0.3, 0.4) is 0 Å². The Morgan fingerprint density at radius 2 is 1.03 bits per heavy atom. The molecule has 0 aliphatic rings. The molecule has 0 saturated carbocycles. The summed E-state index contributed by atoms with van der Waals surface area (Å²) in [5, 5.41) is 7.44. The third-order valence-corrected chi connectivity index (χ3v) is 7.49. The minimum absolute atomic E-state index is 1.14. The number of nitrogens with zero attached hydrogens (tertiary/aromatic N) is 1. The van der Waals surface area contributed by atoms with E-state index in [2.05, 4.69) is 157 Å². The van der Waals surface area contributed by atoms with Crippen LogP contribution in [0.2, 0.25) is 0 Å². The summed E-state index contributed by atoms with van der Waals surface area (Å²) < 4.78 is 0. The second-order valence-electron chi connectivity index (χ2n) is 9.91. The summed E-state index contributed by atoms with van der Waals surface area (Å²) in [6, 6.07) is 52.8.